The van der Waals surface area contributed by atoms with E-state index in [0.29, 0.717) is 6.04 Å². The van der Waals surface area contributed by atoms with Crippen LogP contribution < -0.4 is 10.6 Å². The van der Waals surface area contributed by atoms with Gasteiger partial charge in [0, 0.05) is 23.8 Å². The zero-order valence-corrected chi connectivity index (χ0v) is 11.9. The van der Waals surface area contributed by atoms with Crippen LogP contribution in [0.1, 0.15) is 30.8 Å². The van der Waals surface area contributed by atoms with Crippen LogP contribution in [-0.4, -0.2) is 28.3 Å². The molecule has 0 aromatic carbocycles. The van der Waals surface area contributed by atoms with Crippen LogP contribution in [0, 0.1) is 25.2 Å². The van der Waals surface area contributed by atoms with Crippen LogP contribution in [0.5, 0.6) is 0 Å². The Hall–Kier alpha value is -1.87. The molecule has 1 rings (SSSR count). The van der Waals surface area contributed by atoms with Crippen LogP contribution in [0.25, 0.3) is 0 Å². The molecular weight excluding hydrogens is 242 g/mol. The monoisotopic (exact) mass is 263 g/mol. The Labute approximate surface area is 113 Å². The maximum absolute atomic E-state index is 11.6. The number of nitrogens with zero attached hydrogens (tertiary/aromatic N) is 3. The number of aromatic nitrogens is 2. The van der Waals surface area contributed by atoms with E-state index in [4.69, 9.17) is 5.26 Å². The minimum absolute atomic E-state index is 0.0277. The van der Waals surface area contributed by atoms with E-state index in [1.807, 2.05) is 19.9 Å². The smallest absolute Gasteiger partial charge is 0.242 e. The summed E-state index contributed by atoms with van der Waals surface area (Å²) in [5.41, 5.74) is 3.04. The van der Waals surface area contributed by atoms with Gasteiger partial charge in [-0.2, -0.15) is 10.4 Å². The molecule has 0 unspecified atom stereocenters. The number of rotatable bonds is 6. The number of nitriles is 1. The van der Waals surface area contributed by atoms with Crippen LogP contribution in [0.15, 0.2) is 0 Å². The van der Waals surface area contributed by atoms with Gasteiger partial charge in [-0.05, 0) is 13.8 Å². The van der Waals surface area contributed by atoms with Crippen LogP contribution >= 0.6 is 0 Å². The van der Waals surface area contributed by atoms with E-state index in [2.05, 4.69) is 29.6 Å². The summed E-state index contributed by atoms with van der Waals surface area (Å²) >= 11 is 0. The van der Waals surface area contributed by atoms with Gasteiger partial charge in [-0.15, -0.1) is 0 Å². The molecule has 0 aliphatic carbocycles. The van der Waals surface area contributed by atoms with Gasteiger partial charge >= 0.3 is 0 Å². The molecule has 6 nitrogen and oxygen atoms in total. The van der Waals surface area contributed by atoms with Gasteiger partial charge in [0.1, 0.15) is 13.1 Å². The Balaban J connectivity index is 2.73. The lowest BCUT2D eigenvalue weighted by molar-refractivity contribution is -0.121. The number of carbonyl (C=O) groups is 1. The summed E-state index contributed by atoms with van der Waals surface area (Å²) in [4.78, 5) is 11.6. The van der Waals surface area contributed by atoms with Crippen LogP contribution in [-0.2, 0) is 17.9 Å². The zero-order chi connectivity index (χ0) is 14.4. The number of aryl methyl sites for hydroxylation is 1. The van der Waals surface area contributed by atoms with Crippen molar-refractivity contribution in [3.63, 3.8) is 0 Å². The Kier molecular flexibility index (Phi) is 5.52. The van der Waals surface area contributed by atoms with E-state index in [-0.39, 0.29) is 19.0 Å². The highest BCUT2D eigenvalue weighted by atomic mass is 16.2. The van der Waals surface area contributed by atoms with Crippen LogP contribution in [0.3, 0.4) is 0 Å². The number of nitrogens with one attached hydrogen (secondary N) is 2. The van der Waals surface area contributed by atoms with Crippen molar-refractivity contribution in [2.24, 2.45) is 0 Å². The second kappa shape index (κ2) is 6.90. The highest BCUT2D eigenvalue weighted by molar-refractivity contribution is 5.75. The molecule has 19 heavy (non-hydrogen) atoms. The van der Waals surface area contributed by atoms with Gasteiger partial charge in [0.25, 0.3) is 0 Å². The molecule has 0 bridgehead atoms. The largest absolute Gasteiger partial charge is 0.341 e. The van der Waals surface area contributed by atoms with Crippen molar-refractivity contribution in [2.75, 3.05) is 6.54 Å². The van der Waals surface area contributed by atoms with Gasteiger partial charge in [-0.1, -0.05) is 13.8 Å². The summed E-state index contributed by atoms with van der Waals surface area (Å²) < 4.78 is 1.68. The van der Waals surface area contributed by atoms with Gasteiger partial charge in [0.15, 0.2) is 0 Å². The third-order valence-electron chi connectivity index (χ3n) is 2.88. The number of hydrogen-bond acceptors (Lipinski definition) is 4. The lowest BCUT2D eigenvalue weighted by Crippen LogP contribution is -2.28. The van der Waals surface area contributed by atoms with E-state index in [1.165, 1.54) is 0 Å². The second-order valence-corrected chi connectivity index (χ2v) is 4.78. The van der Waals surface area contributed by atoms with E-state index in [1.54, 1.807) is 4.68 Å². The molecule has 1 heterocycles. The molecule has 1 amide bonds. The van der Waals surface area contributed by atoms with E-state index < -0.39 is 0 Å². The summed E-state index contributed by atoms with van der Waals surface area (Å²) in [6.07, 6.45) is 0. The van der Waals surface area contributed by atoms with Gasteiger partial charge < -0.3 is 10.6 Å². The minimum atomic E-state index is -0.199. The summed E-state index contributed by atoms with van der Waals surface area (Å²) in [5, 5.41) is 18.6. The van der Waals surface area contributed by atoms with Crippen molar-refractivity contribution in [3.8, 4) is 6.07 Å². The number of hydrogen-bond donors (Lipinski definition) is 2. The molecule has 1 aromatic heterocycles. The first kappa shape index (κ1) is 15.2. The lowest BCUT2D eigenvalue weighted by Gasteiger charge is -2.09. The Morgan fingerprint density at radius 1 is 1.47 bits per heavy atom. The fourth-order valence-corrected chi connectivity index (χ4v) is 1.78. The van der Waals surface area contributed by atoms with Crippen molar-refractivity contribution >= 4 is 5.91 Å². The minimum Gasteiger partial charge on any atom is -0.341 e. The molecule has 0 spiro atoms. The first-order valence-corrected chi connectivity index (χ1v) is 6.35. The second-order valence-electron chi connectivity index (χ2n) is 4.78. The van der Waals surface area contributed by atoms with Crippen LogP contribution in [0.4, 0.5) is 0 Å². The fraction of sp³-hybridized carbons (Fsp3) is 0.615. The van der Waals surface area contributed by atoms with Crippen molar-refractivity contribution < 1.29 is 4.79 Å². The third-order valence-corrected chi connectivity index (χ3v) is 2.88. The molecule has 0 saturated heterocycles. The molecule has 104 valence electrons. The predicted octanol–water partition coefficient (Wildman–Crippen LogP) is 0.638. The SMILES string of the molecule is Cc1nn(CC(=O)NCC#N)c(C)c1CNC(C)C. The molecule has 0 fully saturated rings. The number of amides is 1. The molecule has 0 saturated carbocycles. The molecule has 0 aliphatic rings. The summed E-state index contributed by atoms with van der Waals surface area (Å²) in [7, 11) is 0. The number of carbonyl (C=O) groups excluding carboxylic acids is 1. The Morgan fingerprint density at radius 2 is 2.16 bits per heavy atom. The molecule has 6 heteroatoms. The quantitative estimate of drug-likeness (QED) is 0.738. The maximum atomic E-state index is 11.6. The van der Waals surface area contributed by atoms with Crippen molar-refractivity contribution in [1.29, 1.82) is 5.26 Å². The molecule has 0 radical (unpaired) electrons. The van der Waals surface area contributed by atoms with Gasteiger partial charge in [-0.3, -0.25) is 9.48 Å². The lowest BCUT2D eigenvalue weighted by atomic mass is 10.2. The Morgan fingerprint density at radius 3 is 2.74 bits per heavy atom. The summed E-state index contributed by atoms with van der Waals surface area (Å²) in [6, 6.07) is 2.28. The first-order valence-electron chi connectivity index (χ1n) is 6.35. The standard InChI is InChI=1S/C13H21N5O/c1-9(2)16-7-12-10(3)17-18(11(12)4)8-13(19)15-6-5-14/h9,16H,6-8H2,1-4H3,(H,15,19). The topological polar surface area (TPSA) is 82.7 Å². The normalized spacial score (nSPS) is 10.5. The zero-order valence-electron chi connectivity index (χ0n) is 11.9. The van der Waals surface area contributed by atoms with Gasteiger partial charge in [0.05, 0.1) is 11.8 Å². The van der Waals surface area contributed by atoms with Crippen LogP contribution in [0.2, 0.25) is 0 Å². The van der Waals surface area contributed by atoms with Gasteiger partial charge in [0.2, 0.25) is 5.91 Å². The van der Waals surface area contributed by atoms with E-state index in [0.717, 1.165) is 23.5 Å². The average Bonchev–Trinajstić information content (AvgIpc) is 2.59. The average molecular weight is 263 g/mol. The summed E-state index contributed by atoms with van der Waals surface area (Å²) in [5.74, 6) is -0.199. The molecule has 0 aliphatic heterocycles. The predicted molar refractivity (Wildman–Crippen MR) is 72.3 cm³/mol. The molecular formula is C13H21N5O. The van der Waals surface area contributed by atoms with Crippen molar-refractivity contribution in [3.05, 3.63) is 17.0 Å². The molecule has 2 N–H and O–H groups in total. The van der Waals surface area contributed by atoms with E-state index in [9.17, 15) is 4.79 Å². The maximum Gasteiger partial charge on any atom is 0.242 e. The highest BCUT2D eigenvalue weighted by Gasteiger charge is 2.13. The van der Waals surface area contributed by atoms with Crippen molar-refractivity contribution in [1.82, 2.24) is 20.4 Å². The first-order chi connectivity index (χ1) is 8.95. The fourth-order valence-electron chi connectivity index (χ4n) is 1.78. The molecule has 0 atom stereocenters. The van der Waals surface area contributed by atoms with Crippen molar-refractivity contribution in [2.45, 2.75) is 46.8 Å². The highest BCUT2D eigenvalue weighted by Crippen LogP contribution is 2.12. The van der Waals surface area contributed by atoms with Gasteiger partial charge in [-0.25, -0.2) is 0 Å². The third kappa shape index (κ3) is 4.38. The molecule has 1 aromatic rings. The Bertz CT molecular complexity index is 484. The summed E-state index contributed by atoms with van der Waals surface area (Å²) in [6.45, 7) is 8.99. The van der Waals surface area contributed by atoms with E-state index >= 15 is 0 Å².